The van der Waals surface area contributed by atoms with Crippen LogP contribution in [0.3, 0.4) is 0 Å². The quantitative estimate of drug-likeness (QED) is 0.339. The molecule has 0 spiro atoms. The number of hydrogen-bond donors (Lipinski definition) is 0. The first-order valence-electron chi connectivity index (χ1n) is 17.4. The minimum atomic E-state index is -0.689. The summed E-state index contributed by atoms with van der Waals surface area (Å²) >= 11 is 0. The van der Waals surface area contributed by atoms with Gasteiger partial charge in [0.25, 0.3) is 0 Å². The highest BCUT2D eigenvalue weighted by molar-refractivity contribution is 5.96. The summed E-state index contributed by atoms with van der Waals surface area (Å²) in [6.45, 7) is 3.32. The highest BCUT2D eigenvalue weighted by Gasteiger charge is 2.16. The van der Waals surface area contributed by atoms with Crippen LogP contribution in [0.5, 0.6) is 0 Å². The van der Waals surface area contributed by atoms with Gasteiger partial charge in [0.05, 0.1) is 11.1 Å². The van der Waals surface area contributed by atoms with Gasteiger partial charge in [-0.25, -0.2) is 9.59 Å². The fourth-order valence-electron chi connectivity index (χ4n) is 3.01. The molecule has 0 atom stereocenters. The Hall–Kier alpha value is -12.4. The van der Waals surface area contributed by atoms with Crippen molar-refractivity contribution >= 4 is 11.9 Å². The zero-order valence-electron chi connectivity index (χ0n) is 34.0. The molecule has 0 amide bonds. The number of terminal acetylenes is 2. The predicted molar refractivity (Wildman–Crippen MR) is 250 cm³/mol. The number of carbonyl (C=O) groups is 2. The van der Waals surface area contributed by atoms with Gasteiger partial charge in [-0.1, -0.05) is 13.8 Å². The SMILES string of the molecule is C#CC#CC#CC#CC#CC#CC#CC#CC#CC#CC#CC#CCOC(=O)c1cc(C(=O)OCC#CC#CC#CC#CC#CC#CC#CC#CC#CC#CC#CC#C)cc(C(C)C)c1. The maximum atomic E-state index is 12.7. The Morgan fingerprint density at radius 2 is 0.554 bits per heavy atom. The van der Waals surface area contributed by atoms with E-state index >= 15 is 0 Å². The molecule has 0 aliphatic carbocycles. The van der Waals surface area contributed by atoms with E-state index in [-0.39, 0.29) is 30.3 Å². The third-order valence-electron chi connectivity index (χ3n) is 5.47. The summed E-state index contributed by atoms with van der Waals surface area (Å²) in [7, 11) is 0. The Balaban J connectivity index is 2.62. The molecule has 0 N–H and O–H groups in total. The lowest BCUT2D eigenvalue weighted by molar-refractivity contribution is 0.0555. The first-order chi connectivity index (χ1) is 32.0. The zero-order valence-corrected chi connectivity index (χ0v) is 34.0. The van der Waals surface area contributed by atoms with E-state index in [1.54, 1.807) is 12.1 Å². The molecule has 0 radical (unpaired) electrons. The van der Waals surface area contributed by atoms with Crippen LogP contribution in [-0.2, 0) is 9.47 Å². The first-order valence-corrected chi connectivity index (χ1v) is 17.4. The molecule has 0 heterocycles. The van der Waals surface area contributed by atoms with Crippen molar-refractivity contribution < 1.29 is 19.1 Å². The van der Waals surface area contributed by atoms with E-state index in [9.17, 15) is 9.59 Å². The van der Waals surface area contributed by atoms with Crippen molar-refractivity contribution in [3.63, 3.8) is 0 Å². The molecule has 0 saturated heterocycles. The van der Waals surface area contributed by atoms with E-state index in [2.05, 4.69) is 272 Å². The summed E-state index contributed by atoms with van der Waals surface area (Å²) in [5.74, 6) is 112. The molecule has 0 unspecified atom stereocenters. The predicted octanol–water partition coefficient (Wildman–Crippen LogP) is 2.46. The number of esters is 2. The van der Waals surface area contributed by atoms with Gasteiger partial charge in [0.2, 0.25) is 0 Å². The van der Waals surface area contributed by atoms with Gasteiger partial charge in [-0.3, -0.25) is 0 Å². The molecule has 0 bridgehead atoms. The maximum Gasteiger partial charge on any atom is 0.339 e. The van der Waals surface area contributed by atoms with Crippen LogP contribution in [0.1, 0.15) is 46.0 Å². The van der Waals surface area contributed by atoms with Crippen LogP contribution in [0.2, 0.25) is 0 Å². The minimum absolute atomic E-state index is 0.00818. The van der Waals surface area contributed by atoms with Gasteiger partial charge in [0.1, 0.15) is 0 Å². The highest BCUT2D eigenvalue weighted by Crippen LogP contribution is 2.20. The normalized spacial score (nSPS) is 5.80. The number of benzene rings is 1. The molecular formula is C61H16O4. The standard InChI is InChI=1S/C61H16O4/c1-5-7-9-11-13-15-17-19-21-23-25-27-29-31-33-35-37-39-41-43-45-47-49-51-64-60(62)58-53-57(56(3)4)54-59(55-58)61(63)65-52-50-48-46-44-42-40-38-36-34-32-30-28-26-24-22-20-18-16-14-12-10-8-6-2/h1-2,53-56H,51-52H2,3-4H3. The van der Waals surface area contributed by atoms with Crippen LogP contribution in [0.25, 0.3) is 0 Å². The van der Waals surface area contributed by atoms with Gasteiger partial charge < -0.3 is 9.47 Å². The lowest BCUT2D eigenvalue weighted by atomic mass is 9.97. The van der Waals surface area contributed by atoms with Crippen LogP contribution in [0.4, 0.5) is 0 Å². The van der Waals surface area contributed by atoms with Gasteiger partial charge in [-0.05, 0) is 231 Å². The summed E-state index contributed by atoms with van der Waals surface area (Å²) < 4.78 is 10.4. The van der Waals surface area contributed by atoms with Gasteiger partial charge in [0, 0.05) is 71.0 Å². The van der Waals surface area contributed by atoms with Crippen molar-refractivity contribution in [1.29, 1.82) is 0 Å². The topological polar surface area (TPSA) is 52.6 Å². The van der Waals surface area contributed by atoms with E-state index in [0.29, 0.717) is 0 Å². The van der Waals surface area contributed by atoms with Crippen molar-refractivity contribution in [1.82, 2.24) is 0 Å². The maximum absolute atomic E-state index is 12.7. The van der Waals surface area contributed by atoms with Gasteiger partial charge in [0.15, 0.2) is 13.2 Å². The van der Waals surface area contributed by atoms with Crippen LogP contribution in [-0.4, -0.2) is 25.2 Å². The van der Waals surface area contributed by atoms with Crippen LogP contribution < -0.4 is 0 Å². The third kappa shape index (κ3) is 31.4. The second-order valence-corrected chi connectivity index (χ2v) is 10.0. The molecule has 0 saturated carbocycles. The van der Waals surface area contributed by atoms with E-state index < -0.39 is 11.9 Å². The average molecular weight is 813 g/mol. The lowest BCUT2D eigenvalue weighted by Gasteiger charge is -2.11. The number of carbonyl (C=O) groups excluding carboxylic acids is 2. The fraction of sp³-hybridized carbons (Fsp3) is 0.0820. The van der Waals surface area contributed by atoms with E-state index in [1.165, 1.54) is 6.07 Å². The molecule has 0 aliphatic heterocycles. The Morgan fingerprint density at radius 3 is 0.754 bits per heavy atom. The Labute approximate surface area is 382 Å². The van der Waals surface area contributed by atoms with E-state index in [1.807, 2.05) is 13.8 Å². The minimum Gasteiger partial charge on any atom is -0.449 e. The third-order valence-corrected chi connectivity index (χ3v) is 5.47. The number of hydrogen-bond acceptors (Lipinski definition) is 4. The highest BCUT2D eigenvalue weighted by atomic mass is 16.5. The van der Waals surface area contributed by atoms with Gasteiger partial charge in [-0.2, -0.15) is 0 Å². The van der Waals surface area contributed by atoms with Crippen molar-refractivity contribution in [2.45, 2.75) is 19.8 Å². The summed E-state index contributed by atoms with van der Waals surface area (Å²) in [5, 5.41) is 0. The molecule has 0 aromatic heterocycles. The second-order valence-electron chi connectivity index (χ2n) is 10.0. The van der Waals surface area contributed by atoms with Gasteiger partial charge >= 0.3 is 11.9 Å². The molecule has 0 fully saturated rings. The van der Waals surface area contributed by atoms with Crippen molar-refractivity contribution in [2.75, 3.05) is 13.2 Å². The van der Waals surface area contributed by atoms with Crippen molar-refractivity contribution in [3.05, 3.63) is 34.9 Å². The summed E-state index contributed by atoms with van der Waals surface area (Å²) in [6.07, 6.45) is 9.90. The zero-order chi connectivity index (χ0) is 46.9. The smallest absolute Gasteiger partial charge is 0.339 e. The van der Waals surface area contributed by atoms with Crippen LogP contribution in [0, 0.1) is 285 Å². The Bertz CT molecular complexity index is 3470. The molecule has 4 nitrogen and oxygen atoms in total. The Kier molecular flexibility index (Phi) is 30.0. The molecule has 1 rings (SSSR count). The van der Waals surface area contributed by atoms with E-state index in [0.717, 1.165) is 5.56 Å². The number of ether oxygens (including phenoxy) is 2. The van der Waals surface area contributed by atoms with Crippen LogP contribution in [0.15, 0.2) is 18.2 Å². The lowest BCUT2D eigenvalue weighted by Crippen LogP contribution is -2.11. The average Bonchev–Trinajstić information content (AvgIpc) is 3.31. The van der Waals surface area contributed by atoms with Crippen molar-refractivity contribution in [2.24, 2.45) is 0 Å². The monoisotopic (exact) mass is 812 g/mol. The largest absolute Gasteiger partial charge is 0.449 e. The molecule has 4 heteroatoms. The van der Waals surface area contributed by atoms with Gasteiger partial charge in [-0.15, -0.1) is 12.8 Å². The van der Waals surface area contributed by atoms with Crippen LogP contribution >= 0.6 is 0 Å². The molecular weight excluding hydrogens is 797 g/mol. The number of rotatable bonds is 5. The second kappa shape index (κ2) is 38.5. The first kappa shape index (κ1) is 50.6. The molecule has 1 aromatic rings. The molecule has 0 aliphatic rings. The summed E-state index contributed by atoms with van der Waals surface area (Å²) in [6, 6.07) is 4.62. The van der Waals surface area contributed by atoms with E-state index in [4.69, 9.17) is 22.3 Å². The molecule has 284 valence electrons. The molecule has 1 aromatic carbocycles. The fourth-order valence-corrected chi connectivity index (χ4v) is 3.01. The Morgan fingerprint density at radius 1 is 0.354 bits per heavy atom. The summed E-state index contributed by atoms with van der Waals surface area (Å²) in [5.41, 5.74) is 1.01. The van der Waals surface area contributed by atoms with Crippen molar-refractivity contribution in [3.8, 4) is 285 Å². The molecule has 65 heavy (non-hydrogen) atoms. The summed E-state index contributed by atoms with van der Waals surface area (Å²) in [4.78, 5) is 25.5.